The molecule has 1 aromatic carbocycles. The summed E-state index contributed by atoms with van der Waals surface area (Å²) >= 11 is 0. The summed E-state index contributed by atoms with van der Waals surface area (Å²) in [4.78, 5) is 22.7. The van der Waals surface area contributed by atoms with Crippen molar-refractivity contribution >= 4 is 11.9 Å². The van der Waals surface area contributed by atoms with Gasteiger partial charge in [0.2, 0.25) is 0 Å². The minimum absolute atomic E-state index is 0.134. The van der Waals surface area contributed by atoms with E-state index in [1.807, 2.05) is 0 Å². The third-order valence-electron chi connectivity index (χ3n) is 4.91. The minimum atomic E-state index is -0.134. The van der Waals surface area contributed by atoms with Crippen molar-refractivity contribution in [2.45, 2.75) is 13.1 Å². The number of nitrogens with one attached hydrogen (secondary N) is 3. The van der Waals surface area contributed by atoms with Crippen LogP contribution in [0.1, 0.15) is 21.5 Å². The van der Waals surface area contributed by atoms with Gasteiger partial charge in [0.25, 0.3) is 5.91 Å². The van der Waals surface area contributed by atoms with Crippen LogP contribution in [0.3, 0.4) is 0 Å². The maximum absolute atomic E-state index is 12.0. The van der Waals surface area contributed by atoms with E-state index in [2.05, 4.69) is 55.1 Å². The molecule has 0 spiro atoms. The van der Waals surface area contributed by atoms with Gasteiger partial charge in [0.1, 0.15) is 0 Å². The van der Waals surface area contributed by atoms with Crippen molar-refractivity contribution in [2.24, 2.45) is 4.99 Å². The number of hydrogen-bond acceptors (Lipinski definition) is 5. The molecule has 8 nitrogen and oxygen atoms in total. The Kier molecular flexibility index (Phi) is 8.62. The van der Waals surface area contributed by atoms with Gasteiger partial charge < -0.3 is 20.7 Å². The standard InChI is InChI=1S/C22H30N6O2/c1-23-22(26-10-9-25-21(29)19-7-4-8-24-15-19)27-16-18-5-2-3-6-20(18)17-28-11-13-30-14-12-28/h2-8,15H,9-14,16-17H2,1H3,(H,25,29)(H2,23,26,27). The number of amides is 1. The van der Waals surface area contributed by atoms with Crippen LogP contribution in [0.4, 0.5) is 0 Å². The normalized spacial score (nSPS) is 14.9. The Bertz CT molecular complexity index is 821. The van der Waals surface area contributed by atoms with E-state index in [1.54, 1.807) is 31.6 Å². The average molecular weight is 411 g/mol. The summed E-state index contributed by atoms with van der Waals surface area (Å²) in [7, 11) is 1.74. The van der Waals surface area contributed by atoms with Crippen LogP contribution in [0.2, 0.25) is 0 Å². The lowest BCUT2D eigenvalue weighted by molar-refractivity contribution is 0.0341. The van der Waals surface area contributed by atoms with Crippen molar-refractivity contribution in [3.05, 3.63) is 65.5 Å². The zero-order valence-electron chi connectivity index (χ0n) is 17.4. The predicted octanol–water partition coefficient (Wildman–Crippen LogP) is 1.01. The quantitative estimate of drug-likeness (QED) is 0.342. The molecule has 1 aliphatic rings. The molecular weight excluding hydrogens is 380 g/mol. The van der Waals surface area contributed by atoms with Crippen molar-refractivity contribution in [3.8, 4) is 0 Å². The Labute approximate surface area is 177 Å². The van der Waals surface area contributed by atoms with E-state index in [0.717, 1.165) is 32.8 Å². The molecule has 0 atom stereocenters. The molecule has 1 aliphatic heterocycles. The van der Waals surface area contributed by atoms with E-state index in [0.29, 0.717) is 31.2 Å². The highest BCUT2D eigenvalue weighted by atomic mass is 16.5. The summed E-state index contributed by atoms with van der Waals surface area (Å²) in [6.07, 6.45) is 3.20. The second kappa shape index (κ2) is 11.9. The summed E-state index contributed by atoms with van der Waals surface area (Å²) in [5.74, 6) is 0.566. The van der Waals surface area contributed by atoms with Gasteiger partial charge in [-0.3, -0.25) is 19.7 Å². The number of nitrogens with zero attached hydrogens (tertiary/aromatic N) is 3. The molecule has 0 bridgehead atoms. The number of morpholine rings is 1. The maximum atomic E-state index is 12.0. The molecule has 1 aromatic heterocycles. The number of benzene rings is 1. The van der Waals surface area contributed by atoms with E-state index < -0.39 is 0 Å². The number of guanidine groups is 1. The molecule has 3 N–H and O–H groups in total. The topological polar surface area (TPSA) is 90.9 Å². The SMILES string of the molecule is CN=C(NCCNC(=O)c1cccnc1)NCc1ccccc1CN1CCOCC1. The van der Waals surface area contributed by atoms with Crippen LogP contribution in [0.25, 0.3) is 0 Å². The van der Waals surface area contributed by atoms with Crippen LogP contribution < -0.4 is 16.0 Å². The fourth-order valence-electron chi connectivity index (χ4n) is 3.24. The van der Waals surface area contributed by atoms with Crippen molar-refractivity contribution in [3.63, 3.8) is 0 Å². The van der Waals surface area contributed by atoms with E-state index in [9.17, 15) is 4.79 Å². The first kappa shape index (κ1) is 21.7. The smallest absolute Gasteiger partial charge is 0.252 e. The molecule has 2 heterocycles. The van der Waals surface area contributed by atoms with Gasteiger partial charge in [-0.25, -0.2) is 0 Å². The molecule has 1 fully saturated rings. The summed E-state index contributed by atoms with van der Waals surface area (Å²) in [5.41, 5.74) is 3.11. The van der Waals surface area contributed by atoms with E-state index in [4.69, 9.17) is 4.74 Å². The number of pyridine rings is 1. The van der Waals surface area contributed by atoms with Crippen LogP contribution in [0, 0.1) is 0 Å². The lowest BCUT2D eigenvalue weighted by Gasteiger charge is -2.27. The fraction of sp³-hybridized carbons (Fsp3) is 0.409. The first-order chi connectivity index (χ1) is 14.8. The van der Waals surface area contributed by atoms with Gasteiger partial charge in [-0.15, -0.1) is 0 Å². The van der Waals surface area contributed by atoms with Crippen LogP contribution in [0.15, 0.2) is 53.8 Å². The highest BCUT2D eigenvalue weighted by Crippen LogP contribution is 2.13. The van der Waals surface area contributed by atoms with Gasteiger partial charge in [-0.2, -0.15) is 0 Å². The number of carbonyl (C=O) groups excluding carboxylic acids is 1. The Hall–Kier alpha value is -2.97. The monoisotopic (exact) mass is 410 g/mol. The third kappa shape index (κ3) is 6.82. The minimum Gasteiger partial charge on any atom is -0.379 e. The summed E-state index contributed by atoms with van der Waals surface area (Å²) in [5, 5.41) is 9.45. The van der Waals surface area contributed by atoms with Crippen molar-refractivity contribution < 1.29 is 9.53 Å². The lowest BCUT2D eigenvalue weighted by atomic mass is 10.1. The maximum Gasteiger partial charge on any atom is 0.252 e. The zero-order valence-corrected chi connectivity index (χ0v) is 17.4. The second-order valence-electron chi connectivity index (χ2n) is 7.01. The largest absolute Gasteiger partial charge is 0.379 e. The number of carbonyl (C=O) groups is 1. The number of aliphatic imine (C=N–C) groups is 1. The fourth-order valence-corrected chi connectivity index (χ4v) is 3.24. The van der Waals surface area contributed by atoms with Gasteiger partial charge in [0.05, 0.1) is 18.8 Å². The molecule has 2 aromatic rings. The van der Waals surface area contributed by atoms with E-state index >= 15 is 0 Å². The van der Waals surface area contributed by atoms with Crippen LogP contribution in [-0.2, 0) is 17.8 Å². The summed E-state index contributed by atoms with van der Waals surface area (Å²) in [6.45, 7) is 6.20. The first-order valence-corrected chi connectivity index (χ1v) is 10.3. The molecule has 0 unspecified atom stereocenters. The van der Waals surface area contributed by atoms with E-state index in [-0.39, 0.29) is 5.91 Å². The molecule has 160 valence electrons. The first-order valence-electron chi connectivity index (χ1n) is 10.3. The van der Waals surface area contributed by atoms with Crippen LogP contribution in [0.5, 0.6) is 0 Å². The second-order valence-corrected chi connectivity index (χ2v) is 7.01. The Morgan fingerprint density at radius 2 is 1.83 bits per heavy atom. The van der Waals surface area contributed by atoms with Crippen LogP contribution >= 0.6 is 0 Å². The molecule has 0 radical (unpaired) electrons. The van der Waals surface area contributed by atoms with Gasteiger partial charge >= 0.3 is 0 Å². The van der Waals surface area contributed by atoms with E-state index in [1.165, 1.54) is 11.1 Å². The van der Waals surface area contributed by atoms with Crippen molar-refractivity contribution in [2.75, 3.05) is 46.4 Å². The van der Waals surface area contributed by atoms with Gasteiger partial charge in [0, 0.05) is 58.7 Å². The zero-order chi connectivity index (χ0) is 21.0. The van der Waals surface area contributed by atoms with Gasteiger partial charge in [0.15, 0.2) is 5.96 Å². The summed E-state index contributed by atoms with van der Waals surface area (Å²) < 4.78 is 5.44. The molecule has 1 saturated heterocycles. The Balaban J connectivity index is 1.42. The lowest BCUT2D eigenvalue weighted by Crippen LogP contribution is -2.41. The number of ether oxygens (including phenoxy) is 1. The summed E-state index contributed by atoms with van der Waals surface area (Å²) in [6, 6.07) is 11.9. The van der Waals surface area contributed by atoms with Gasteiger partial charge in [-0.05, 0) is 23.3 Å². The molecule has 0 aliphatic carbocycles. The number of hydrogen-bond donors (Lipinski definition) is 3. The molecule has 1 amide bonds. The molecule has 0 saturated carbocycles. The molecule has 3 rings (SSSR count). The Morgan fingerprint density at radius 1 is 1.07 bits per heavy atom. The highest BCUT2D eigenvalue weighted by Gasteiger charge is 2.12. The predicted molar refractivity (Wildman–Crippen MR) is 117 cm³/mol. The van der Waals surface area contributed by atoms with Crippen molar-refractivity contribution in [1.29, 1.82) is 0 Å². The average Bonchev–Trinajstić information content (AvgIpc) is 2.80. The number of aromatic nitrogens is 1. The number of rotatable bonds is 8. The third-order valence-corrected chi connectivity index (χ3v) is 4.91. The Morgan fingerprint density at radius 3 is 2.57 bits per heavy atom. The molecule has 30 heavy (non-hydrogen) atoms. The van der Waals surface area contributed by atoms with Crippen LogP contribution in [-0.4, -0.2) is 68.2 Å². The molecule has 8 heteroatoms. The van der Waals surface area contributed by atoms with Crippen molar-refractivity contribution in [1.82, 2.24) is 25.8 Å². The highest BCUT2D eigenvalue weighted by molar-refractivity contribution is 5.93. The van der Waals surface area contributed by atoms with Gasteiger partial charge in [-0.1, -0.05) is 24.3 Å². The molecular formula is C22H30N6O2.